The number of carboxylic acids is 1. The number of halogens is 4. The van der Waals surface area contributed by atoms with Crippen LogP contribution in [-0.4, -0.2) is 64.8 Å². The number of carboxylic acid groups (broad SMARTS) is 1. The summed E-state index contributed by atoms with van der Waals surface area (Å²) in [5.74, 6) is -1.23. The molecule has 3 aromatic rings. The summed E-state index contributed by atoms with van der Waals surface area (Å²) in [6.07, 6.45) is -2.97. The smallest absolute Gasteiger partial charge is 0.417 e. The molecule has 10 nitrogen and oxygen atoms in total. The highest BCUT2D eigenvalue weighted by atomic mass is 35.5. The minimum Gasteiger partial charge on any atom is -0.478 e. The van der Waals surface area contributed by atoms with Crippen LogP contribution in [0.5, 0.6) is 0 Å². The Balaban J connectivity index is 1.46. The van der Waals surface area contributed by atoms with Crippen LogP contribution in [0.2, 0.25) is 5.02 Å². The maximum atomic E-state index is 13.6. The normalized spacial score (nSPS) is 22.5. The van der Waals surface area contributed by atoms with Gasteiger partial charge in [-0.15, -0.1) is 0 Å². The Kier molecular flexibility index (Phi) is 7.15. The van der Waals surface area contributed by atoms with Crippen molar-refractivity contribution in [2.45, 2.75) is 42.4 Å². The number of carbonyl (C=O) groups is 1. The molecule has 41 heavy (non-hydrogen) atoms. The molecule has 15 heteroatoms. The molecule has 0 spiro atoms. The lowest BCUT2D eigenvalue weighted by Gasteiger charge is -2.22. The van der Waals surface area contributed by atoms with Crippen molar-refractivity contribution in [3.05, 3.63) is 76.1 Å². The van der Waals surface area contributed by atoms with E-state index in [1.807, 2.05) is 14.0 Å². The van der Waals surface area contributed by atoms with Crippen LogP contribution in [0.3, 0.4) is 0 Å². The van der Waals surface area contributed by atoms with E-state index >= 15 is 0 Å². The Labute approximate surface area is 239 Å². The standard InChI is InChI=1S/C26H26ClF3N6O4S/c1-25(14-34(2)33-32-25)20-11-17(20)22-18(24(37)38)12-31-36(22)16-7-4-6-15(10-16)13-35(3)41(39,40)23-19(26(28,29)30)8-5-9-21(23)27/h4-10,12,17,20H,11,13-14H2,1-3H3,(H,37,38)/t17-,20-,25?/m1/s1. The minimum absolute atomic E-state index is 0.0441. The number of benzene rings is 2. The number of hydrogen-bond acceptors (Lipinski definition) is 7. The highest BCUT2D eigenvalue weighted by Crippen LogP contribution is 2.57. The molecule has 0 radical (unpaired) electrons. The first kappa shape index (κ1) is 29.0. The Hall–Kier alpha value is -3.49. The summed E-state index contributed by atoms with van der Waals surface area (Å²) in [6.45, 7) is 2.30. The second-order valence-electron chi connectivity index (χ2n) is 10.5. The molecular formula is C26H26ClF3N6O4S. The van der Waals surface area contributed by atoms with E-state index in [4.69, 9.17) is 11.6 Å². The number of sulfonamides is 1. The van der Waals surface area contributed by atoms with Crippen LogP contribution in [0.15, 0.2) is 63.9 Å². The Morgan fingerprint density at radius 2 is 1.95 bits per heavy atom. The topological polar surface area (TPSA) is 120 Å². The Bertz CT molecular complexity index is 1660. The molecule has 1 unspecified atom stereocenters. The summed E-state index contributed by atoms with van der Waals surface area (Å²) >= 11 is 5.95. The van der Waals surface area contributed by atoms with Crippen molar-refractivity contribution in [2.75, 3.05) is 20.6 Å². The lowest BCUT2D eigenvalue weighted by atomic mass is 9.94. The number of alkyl halides is 3. The molecule has 1 N–H and O–H groups in total. The van der Waals surface area contributed by atoms with Crippen LogP contribution in [0, 0.1) is 5.92 Å². The van der Waals surface area contributed by atoms with Gasteiger partial charge in [-0.3, -0.25) is 5.01 Å². The molecule has 1 aliphatic heterocycles. The van der Waals surface area contributed by atoms with Crippen LogP contribution in [0.4, 0.5) is 13.2 Å². The van der Waals surface area contributed by atoms with Gasteiger partial charge in [-0.1, -0.05) is 35.0 Å². The molecular weight excluding hydrogens is 585 g/mol. The van der Waals surface area contributed by atoms with Gasteiger partial charge in [-0.25, -0.2) is 17.9 Å². The van der Waals surface area contributed by atoms with E-state index < -0.39 is 43.2 Å². The lowest BCUT2D eigenvalue weighted by Crippen LogP contribution is -2.32. The van der Waals surface area contributed by atoms with Crippen molar-refractivity contribution in [3.8, 4) is 5.69 Å². The predicted molar refractivity (Wildman–Crippen MR) is 142 cm³/mol. The SMILES string of the molecule is CN1CC(C)([C@@H]2C[C@H]2c2c(C(=O)O)cnn2-c2cccc(CN(C)S(=O)(=O)c3c(Cl)cccc3C(F)(F)F)c2)N=N1. The Morgan fingerprint density at radius 1 is 1.24 bits per heavy atom. The van der Waals surface area contributed by atoms with Gasteiger partial charge in [0.05, 0.1) is 34.7 Å². The number of hydrogen-bond donors (Lipinski definition) is 1. The second-order valence-corrected chi connectivity index (χ2v) is 12.9. The molecule has 0 saturated heterocycles. The molecule has 0 bridgehead atoms. The third kappa shape index (κ3) is 5.31. The molecule has 2 heterocycles. The Morgan fingerprint density at radius 3 is 2.59 bits per heavy atom. The fourth-order valence-corrected chi connectivity index (χ4v) is 7.32. The molecule has 218 valence electrons. The van der Waals surface area contributed by atoms with E-state index in [1.165, 1.54) is 10.9 Å². The first-order chi connectivity index (χ1) is 19.1. The van der Waals surface area contributed by atoms with Crippen molar-refractivity contribution < 1.29 is 31.5 Å². The zero-order valence-electron chi connectivity index (χ0n) is 22.2. The van der Waals surface area contributed by atoms with Gasteiger partial charge in [-0.2, -0.15) is 27.7 Å². The zero-order chi connectivity index (χ0) is 29.9. The highest BCUT2D eigenvalue weighted by molar-refractivity contribution is 7.89. The first-order valence-electron chi connectivity index (χ1n) is 12.5. The summed E-state index contributed by atoms with van der Waals surface area (Å²) in [6, 6.07) is 9.37. The first-order valence-corrected chi connectivity index (χ1v) is 14.3. The third-order valence-electron chi connectivity index (χ3n) is 7.45. The quantitative estimate of drug-likeness (QED) is 0.373. The van der Waals surface area contributed by atoms with E-state index in [2.05, 4.69) is 15.4 Å². The van der Waals surface area contributed by atoms with Gasteiger partial charge in [0.1, 0.15) is 16.0 Å². The average Bonchev–Trinajstić information content (AvgIpc) is 3.44. The van der Waals surface area contributed by atoms with Crippen LogP contribution in [-0.2, 0) is 22.7 Å². The van der Waals surface area contributed by atoms with Crippen LogP contribution in [0.1, 0.15) is 46.4 Å². The monoisotopic (exact) mass is 610 g/mol. The molecule has 1 saturated carbocycles. The zero-order valence-corrected chi connectivity index (χ0v) is 23.7. The van der Waals surface area contributed by atoms with E-state index in [1.54, 1.807) is 29.3 Å². The molecule has 1 aromatic heterocycles. The molecule has 2 aliphatic rings. The van der Waals surface area contributed by atoms with Crippen molar-refractivity contribution in [1.82, 2.24) is 19.1 Å². The van der Waals surface area contributed by atoms with Crippen molar-refractivity contribution in [3.63, 3.8) is 0 Å². The van der Waals surface area contributed by atoms with Gasteiger partial charge in [-0.05, 0) is 49.1 Å². The summed E-state index contributed by atoms with van der Waals surface area (Å²) in [5, 5.41) is 23.9. The summed E-state index contributed by atoms with van der Waals surface area (Å²) < 4.78 is 69.7. The summed E-state index contributed by atoms with van der Waals surface area (Å²) in [7, 11) is -1.67. The second kappa shape index (κ2) is 10.1. The number of aromatic carboxylic acids is 1. The van der Waals surface area contributed by atoms with E-state index in [-0.39, 0.29) is 23.9 Å². The predicted octanol–water partition coefficient (Wildman–Crippen LogP) is 5.24. The van der Waals surface area contributed by atoms with E-state index in [0.29, 0.717) is 36.0 Å². The van der Waals surface area contributed by atoms with E-state index in [0.717, 1.165) is 23.5 Å². The van der Waals surface area contributed by atoms with Crippen LogP contribution < -0.4 is 0 Å². The summed E-state index contributed by atoms with van der Waals surface area (Å²) in [4.78, 5) is 11.1. The van der Waals surface area contributed by atoms with Gasteiger partial charge in [0.15, 0.2) is 0 Å². The van der Waals surface area contributed by atoms with Gasteiger partial charge >= 0.3 is 12.1 Å². The number of likely N-dealkylation sites (N-methyl/N-ethyl adjacent to an activating group) is 1. The van der Waals surface area contributed by atoms with Crippen molar-refractivity contribution in [1.29, 1.82) is 0 Å². The maximum absolute atomic E-state index is 13.6. The molecule has 1 fully saturated rings. The lowest BCUT2D eigenvalue weighted by molar-refractivity contribution is -0.139. The molecule has 5 rings (SSSR count). The fraction of sp³-hybridized carbons (Fsp3) is 0.385. The minimum atomic E-state index is -4.93. The van der Waals surface area contributed by atoms with Crippen LogP contribution in [0.25, 0.3) is 5.69 Å². The van der Waals surface area contributed by atoms with Gasteiger partial charge < -0.3 is 5.11 Å². The van der Waals surface area contributed by atoms with Gasteiger partial charge in [0.25, 0.3) is 0 Å². The van der Waals surface area contributed by atoms with Crippen molar-refractivity contribution >= 4 is 27.6 Å². The fourth-order valence-electron chi connectivity index (χ4n) is 5.44. The van der Waals surface area contributed by atoms with Gasteiger partial charge in [0.2, 0.25) is 10.0 Å². The molecule has 2 aromatic carbocycles. The van der Waals surface area contributed by atoms with Crippen LogP contribution >= 0.6 is 11.6 Å². The van der Waals surface area contributed by atoms with Gasteiger partial charge in [0, 0.05) is 26.6 Å². The maximum Gasteiger partial charge on any atom is 0.417 e. The number of nitrogens with zero attached hydrogens (tertiary/aromatic N) is 6. The average molecular weight is 611 g/mol. The van der Waals surface area contributed by atoms with E-state index in [9.17, 15) is 31.5 Å². The third-order valence-corrected chi connectivity index (χ3v) is 9.79. The molecule has 3 atom stereocenters. The van der Waals surface area contributed by atoms with Crippen molar-refractivity contribution in [2.24, 2.45) is 16.3 Å². The highest BCUT2D eigenvalue weighted by Gasteiger charge is 2.55. The molecule has 0 amide bonds. The molecule has 1 aliphatic carbocycles. The number of rotatable bonds is 8. The largest absolute Gasteiger partial charge is 0.478 e. The summed E-state index contributed by atoms with van der Waals surface area (Å²) in [5.41, 5.74) is -0.362. The number of aromatic nitrogens is 2.